The Kier molecular flexibility index (Phi) is 3.31. The van der Waals surface area contributed by atoms with Crippen molar-refractivity contribution in [1.82, 2.24) is 0 Å². The average Bonchev–Trinajstić information content (AvgIpc) is 2.20. The highest BCUT2D eigenvalue weighted by Crippen LogP contribution is 2.14. The molecule has 0 aromatic heterocycles. The van der Waals surface area contributed by atoms with E-state index in [1.165, 1.54) is 0 Å². The lowest BCUT2D eigenvalue weighted by Crippen LogP contribution is -2.02. The van der Waals surface area contributed by atoms with Crippen molar-refractivity contribution in [2.24, 2.45) is 10.9 Å². The zero-order valence-electron chi connectivity index (χ0n) is 7.95. The number of nitrogens with zero attached hydrogens (tertiary/aromatic N) is 1. The van der Waals surface area contributed by atoms with Gasteiger partial charge in [0.15, 0.2) is 0 Å². The fraction of sp³-hybridized carbons (Fsp3) is 0.300. The van der Waals surface area contributed by atoms with Crippen LogP contribution < -0.4 is 10.6 Å². The van der Waals surface area contributed by atoms with Crippen molar-refractivity contribution in [3.05, 3.63) is 29.8 Å². The molecule has 0 atom stereocenters. The zero-order valence-corrected chi connectivity index (χ0v) is 7.95. The molecule has 3 nitrogen and oxygen atoms in total. The van der Waals surface area contributed by atoms with Crippen LogP contribution in [0.3, 0.4) is 0 Å². The maximum Gasteiger partial charge on any atom is 0.119 e. The molecule has 0 radical (unpaired) electrons. The third-order valence-electron chi connectivity index (χ3n) is 1.89. The van der Waals surface area contributed by atoms with E-state index in [9.17, 15) is 0 Å². The first-order valence-electron chi connectivity index (χ1n) is 4.23. The molecular formula is C10H14N2O. The van der Waals surface area contributed by atoms with E-state index < -0.39 is 0 Å². The van der Waals surface area contributed by atoms with Gasteiger partial charge in [0.25, 0.3) is 0 Å². The van der Waals surface area contributed by atoms with Gasteiger partial charge in [-0.3, -0.25) is 0 Å². The predicted molar refractivity (Wildman–Crippen MR) is 54.0 cm³/mol. The monoisotopic (exact) mass is 178 g/mol. The molecule has 0 bridgehead atoms. The van der Waals surface area contributed by atoms with Crippen molar-refractivity contribution < 1.29 is 4.74 Å². The highest BCUT2D eigenvalue weighted by atomic mass is 16.5. The lowest BCUT2D eigenvalue weighted by Gasteiger charge is -2.04. The Morgan fingerprint density at radius 1 is 1.54 bits per heavy atom. The molecule has 3 heteroatoms. The maximum atomic E-state index is 5.25. The minimum absolute atomic E-state index is 0.823. The molecule has 0 heterocycles. The molecule has 0 aliphatic rings. The van der Waals surface area contributed by atoms with Gasteiger partial charge >= 0.3 is 0 Å². The molecule has 13 heavy (non-hydrogen) atoms. The van der Waals surface area contributed by atoms with E-state index in [2.05, 4.69) is 5.10 Å². The standard InChI is InChI=1S/C10H14N2O/c1-3-10(12-11)8-5-4-6-9(7-8)13-2/h4-7H,3,11H2,1-2H3/b12-10-. The van der Waals surface area contributed by atoms with Crippen LogP contribution in [0.5, 0.6) is 5.75 Å². The summed E-state index contributed by atoms with van der Waals surface area (Å²) >= 11 is 0. The Labute approximate surface area is 78.2 Å². The van der Waals surface area contributed by atoms with Crippen LogP contribution in [0.4, 0.5) is 0 Å². The SMILES string of the molecule is CC/C(=N/N)c1cccc(OC)c1. The highest BCUT2D eigenvalue weighted by Gasteiger charge is 2.01. The average molecular weight is 178 g/mol. The zero-order chi connectivity index (χ0) is 9.68. The van der Waals surface area contributed by atoms with Crippen molar-refractivity contribution in [2.75, 3.05) is 7.11 Å². The fourth-order valence-corrected chi connectivity index (χ4v) is 1.17. The first kappa shape index (κ1) is 9.58. The molecule has 0 saturated heterocycles. The van der Waals surface area contributed by atoms with Crippen LogP contribution in [0.1, 0.15) is 18.9 Å². The molecule has 0 spiro atoms. The normalized spacial score (nSPS) is 11.4. The van der Waals surface area contributed by atoms with Gasteiger partial charge in [0, 0.05) is 5.56 Å². The van der Waals surface area contributed by atoms with Gasteiger partial charge in [0.2, 0.25) is 0 Å². The van der Waals surface area contributed by atoms with Crippen LogP contribution in [0.25, 0.3) is 0 Å². The van der Waals surface area contributed by atoms with Gasteiger partial charge in [0.1, 0.15) is 5.75 Å². The summed E-state index contributed by atoms with van der Waals surface area (Å²) in [6, 6.07) is 7.72. The van der Waals surface area contributed by atoms with Gasteiger partial charge in [-0.25, -0.2) is 0 Å². The van der Waals surface area contributed by atoms with E-state index in [-0.39, 0.29) is 0 Å². The lowest BCUT2D eigenvalue weighted by atomic mass is 10.1. The molecule has 70 valence electrons. The number of benzene rings is 1. The summed E-state index contributed by atoms with van der Waals surface area (Å²) in [5, 5.41) is 3.71. The minimum Gasteiger partial charge on any atom is -0.497 e. The molecule has 0 aliphatic heterocycles. The molecule has 0 aliphatic carbocycles. The Hall–Kier alpha value is -1.51. The van der Waals surface area contributed by atoms with Crippen molar-refractivity contribution in [3.8, 4) is 5.75 Å². The molecular weight excluding hydrogens is 164 g/mol. The summed E-state index contributed by atoms with van der Waals surface area (Å²) in [5.74, 6) is 6.08. The van der Waals surface area contributed by atoms with Gasteiger partial charge in [-0.2, -0.15) is 5.10 Å². The smallest absolute Gasteiger partial charge is 0.119 e. The summed E-state index contributed by atoms with van der Waals surface area (Å²) in [6.07, 6.45) is 0.823. The Morgan fingerprint density at radius 2 is 2.31 bits per heavy atom. The number of nitrogens with two attached hydrogens (primary N) is 1. The van der Waals surface area contributed by atoms with Crippen LogP contribution >= 0.6 is 0 Å². The van der Waals surface area contributed by atoms with Crippen molar-refractivity contribution >= 4 is 5.71 Å². The summed E-state index contributed by atoms with van der Waals surface area (Å²) in [4.78, 5) is 0. The minimum atomic E-state index is 0.823. The van der Waals surface area contributed by atoms with Crippen molar-refractivity contribution in [1.29, 1.82) is 0 Å². The van der Waals surface area contributed by atoms with E-state index in [1.54, 1.807) is 7.11 Å². The molecule has 1 rings (SSSR count). The quantitative estimate of drug-likeness (QED) is 0.435. The first-order valence-corrected chi connectivity index (χ1v) is 4.23. The van der Waals surface area contributed by atoms with Crippen LogP contribution in [-0.4, -0.2) is 12.8 Å². The van der Waals surface area contributed by atoms with E-state index in [4.69, 9.17) is 10.6 Å². The fourth-order valence-electron chi connectivity index (χ4n) is 1.17. The van der Waals surface area contributed by atoms with Gasteiger partial charge in [0.05, 0.1) is 12.8 Å². The third kappa shape index (κ3) is 2.21. The second-order valence-electron chi connectivity index (χ2n) is 2.66. The van der Waals surface area contributed by atoms with E-state index in [0.29, 0.717) is 0 Å². The van der Waals surface area contributed by atoms with Gasteiger partial charge in [-0.1, -0.05) is 19.1 Å². The van der Waals surface area contributed by atoms with E-state index >= 15 is 0 Å². The Bertz CT molecular complexity index is 308. The maximum absolute atomic E-state index is 5.25. The summed E-state index contributed by atoms with van der Waals surface area (Å²) in [5.41, 5.74) is 1.91. The van der Waals surface area contributed by atoms with Crippen molar-refractivity contribution in [2.45, 2.75) is 13.3 Å². The number of ether oxygens (including phenoxy) is 1. The highest BCUT2D eigenvalue weighted by molar-refractivity contribution is 6.00. The number of hydrogen-bond acceptors (Lipinski definition) is 3. The number of hydrazone groups is 1. The molecule has 0 amide bonds. The number of rotatable bonds is 3. The number of hydrogen-bond donors (Lipinski definition) is 1. The van der Waals surface area contributed by atoms with E-state index in [0.717, 1.165) is 23.4 Å². The third-order valence-corrected chi connectivity index (χ3v) is 1.89. The molecule has 0 unspecified atom stereocenters. The first-order chi connectivity index (χ1) is 6.31. The Morgan fingerprint density at radius 3 is 2.85 bits per heavy atom. The van der Waals surface area contributed by atoms with Crippen LogP contribution in [0.2, 0.25) is 0 Å². The van der Waals surface area contributed by atoms with Gasteiger partial charge in [-0.15, -0.1) is 0 Å². The second kappa shape index (κ2) is 4.50. The number of methoxy groups -OCH3 is 1. The molecule has 1 aromatic carbocycles. The lowest BCUT2D eigenvalue weighted by molar-refractivity contribution is 0.414. The van der Waals surface area contributed by atoms with Crippen LogP contribution in [0.15, 0.2) is 29.4 Å². The molecule has 0 fully saturated rings. The van der Waals surface area contributed by atoms with E-state index in [1.807, 2.05) is 31.2 Å². The summed E-state index contributed by atoms with van der Waals surface area (Å²) in [6.45, 7) is 2.02. The summed E-state index contributed by atoms with van der Waals surface area (Å²) < 4.78 is 5.10. The second-order valence-corrected chi connectivity index (χ2v) is 2.66. The molecule has 1 aromatic rings. The Balaban J connectivity index is 3.00. The van der Waals surface area contributed by atoms with Crippen molar-refractivity contribution in [3.63, 3.8) is 0 Å². The van der Waals surface area contributed by atoms with Crippen LogP contribution in [-0.2, 0) is 0 Å². The summed E-state index contributed by atoms with van der Waals surface area (Å²) in [7, 11) is 1.64. The van der Waals surface area contributed by atoms with Crippen LogP contribution in [0, 0.1) is 0 Å². The largest absolute Gasteiger partial charge is 0.497 e. The molecule has 2 N–H and O–H groups in total. The van der Waals surface area contributed by atoms with Gasteiger partial charge < -0.3 is 10.6 Å². The topological polar surface area (TPSA) is 47.6 Å². The molecule has 0 saturated carbocycles. The van der Waals surface area contributed by atoms with Gasteiger partial charge in [-0.05, 0) is 18.6 Å². The predicted octanol–water partition coefficient (Wildman–Crippen LogP) is 1.77.